The summed E-state index contributed by atoms with van der Waals surface area (Å²) in [5, 5.41) is 2.73. The van der Waals surface area contributed by atoms with Gasteiger partial charge in [0.15, 0.2) is 5.76 Å². The number of carbonyl (C=O) groups excluding carboxylic acids is 1. The first-order chi connectivity index (χ1) is 12.2. The molecule has 3 aromatic rings. The third-order valence-electron chi connectivity index (χ3n) is 3.51. The molecular formula is C19H18N2O4. The van der Waals surface area contributed by atoms with E-state index in [0.29, 0.717) is 18.9 Å². The van der Waals surface area contributed by atoms with Crippen LogP contribution in [0.2, 0.25) is 0 Å². The summed E-state index contributed by atoms with van der Waals surface area (Å²) in [6.45, 7) is 1.01. The van der Waals surface area contributed by atoms with Gasteiger partial charge in [-0.25, -0.2) is 0 Å². The minimum absolute atomic E-state index is 0.122. The van der Waals surface area contributed by atoms with Gasteiger partial charge < -0.3 is 19.0 Å². The summed E-state index contributed by atoms with van der Waals surface area (Å²) in [6.07, 6.45) is 1.67. The molecule has 0 aliphatic rings. The van der Waals surface area contributed by atoms with Gasteiger partial charge in [0.05, 0.1) is 13.1 Å². The second-order valence-corrected chi connectivity index (χ2v) is 5.35. The van der Waals surface area contributed by atoms with Gasteiger partial charge in [-0.15, -0.1) is 0 Å². The van der Waals surface area contributed by atoms with Crippen molar-refractivity contribution < 1.29 is 13.9 Å². The Morgan fingerprint density at radius 1 is 1.04 bits per heavy atom. The van der Waals surface area contributed by atoms with Crippen LogP contribution in [0.3, 0.4) is 0 Å². The molecule has 0 saturated carbocycles. The molecule has 3 rings (SSSR count). The third kappa shape index (κ3) is 4.60. The highest BCUT2D eigenvalue weighted by Gasteiger charge is 2.11. The highest BCUT2D eigenvalue weighted by molar-refractivity contribution is 5.91. The second-order valence-electron chi connectivity index (χ2n) is 5.35. The summed E-state index contributed by atoms with van der Waals surface area (Å²) >= 11 is 0. The van der Waals surface area contributed by atoms with Crippen molar-refractivity contribution in [3.63, 3.8) is 0 Å². The molecule has 128 valence electrons. The molecule has 0 aliphatic heterocycles. The number of benzene rings is 1. The van der Waals surface area contributed by atoms with E-state index in [0.717, 1.165) is 5.75 Å². The van der Waals surface area contributed by atoms with E-state index in [9.17, 15) is 9.59 Å². The van der Waals surface area contributed by atoms with Crippen LogP contribution < -0.4 is 15.6 Å². The van der Waals surface area contributed by atoms with Crippen molar-refractivity contribution >= 4 is 5.91 Å². The van der Waals surface area contributed by atoms with Crippen LogP contribution in [0.4, 0.5) is 0 Å². The summed E-state index contributed by atoms with van der Waals surface area (Å²) in [4.78, 5) is 23.7. The Morgan fingerprint density at radius 3 is 2.64 bits per heavy atom. The first-order valence-corrected chi connectivity index (χ1v) is 7.92. The summed E-state index contributed by atoms with van der Waals surface area (Å²) in [5.74, 6) is 1.19. The number of hydrogen-bond acceptors (Lipinski definition) is 4. The van der Waals surface area contributed by atoms with Gasteiger partial charge in [-0.3, -0.25) is 9.59 Å². The molecule has 25 heavy (non-hydrogen) atoms. The Hall–Kier alpha value is -3.28. The lowest BCUT2D eigenvalue weighted by molar-refractivity contribution is 0.0917. The van der Waals surface area contributed by atoms with Crippen molar-refractivity contribution in [2.24, 2.45) is 0 Å². The molecule has 6 heteroatoms. The third-order valence-corrected chi connectivity index (χ3v) is 3.51. The lowest BCUT2D eigenvalue weighted by Gasteiger charge is -2.06. The average Bonchev–Trinajstić information content (AvgIpc) is 3.10. The maximum Gasteiger partial charge on any atom is 0.287 e. The standard InChI is InChI=1S/C19H18N2O4/c22-18-8-4-5-12-21(18)14-16-9-10-17(25-16)19(23)20-11-13-24-15-6-2-1-3-7-15/h1-10,12H,11,13-14H2,(H,20,23). The van der Waals surface area contributed by atoms with Crippen LogP contribution in [-0.2, 0) is 6.54 Å². The molecule has 0 bridgehead atoms. The van der Waals surface area contributed by atoms with Crippen LogP contribution in [0.1, 0.15) is 16.3 Å². The van der Waals surface area contributed by atoms with E-state index in [1.807, 2.05) is 30.3 Å². The van der Waals surface area contributed by atoms with E-state index < -0.39 is 0 Å². The summed E-state index contributed by atoms with van der Waals surface area (Å²) in [5.41, 5.74) is -0.122. The van der Waals surface area contributed by atoms with Crippen molar-refractivity contribution in [1.82, 2.24) is 9.88 Å². The van der Waals surface area contributed by atoms with Crippen LogP contribution in [0, 0.1) is 0 Å². The highest BCUT2D eigenvalue weighted by Crippen LogP contribution is 2.09. The minimum Gasteiger partial charge on any atom is -0.492 e. The van der Waals surface area contributed by atoms with Crippen molar-refractivity contribution in [3.8, 4) is 5.75 Å². The highest BCUT2D eigenvalue weighted by atomic mass is 16.5. The second kappa shape index (κ2) is 8.01. The van der Waals surface area contributed by atoms with Gasteiger partial charge in [-0.05, 0) is 30.3 Å². The molecule has 2 aromatic heterocycles. The van der Waals surface area contributed by atoms with Crippen LogP contribution in [-0.4, -0.2) is 23.6 Å². The van der Waals surface area contributed by atoms with Crippen LogP contribution in [0.5, 0.6) is 5.75 Å². The summed E-state index contributed by atoms with van der Waals surface area (Å²) in [6, 6.07) is 17.6. The Kier molecular flexibility index (Phi) is 5.31. The van der Waals surface area contributed by atoms with Crippen molar-refractivity contribution in [2.45, 2.75) is 6.54 Å². The van der Waals surface area contributed by atoms with Gasteiger partial charge in [0, 0.05) is 12.3 Å². The summed E-state index contributed by atoms with van der Waals surface area (Å²) in [7, 11) is 0. The molecule has 2 heterocycles. The van der Waals surface area contributed by atoms with Crippen molar-refractivity contribution in [2.75, 3.05) is 13.2 Å². The van der Waals surface area contributed by atoms with E-state index in [-0.39, 0.29) is 23.8 Å². The minimum atomic E-state index is -0.316. The molecule has 0 fully saturated rings. The number of amides is 1. The number of carbonyl (C=O) groups is 1. The zero-order valence-corrected chi connectivity index (χ0v) is 13.6. The first-order valence-electron chi connectivity index (χ1n) is 7.92. The number of para-hydroxylation sites is 1. The van der Waals surface area contributed by atoms with Gasteiger partial charge in [0.2, 0.25) is 0 Å². The van der Waals surface area contributed by atoms with Gasteiger partial charge in [-0.1, -0.05) is 24.3 Å². The summed E-state index contributed by atoms with van der Waals surface area (Å²) < 4.78 is 12.5. The number of pyridine rings is 1. The maximum absolute atomic E-state index is 12.1. The molecule has 1 amide bonds. The number of rotatable bonds is 7. The Bertz CT molecular complexity index is 883. The van der Waals surface area contributed by atoms with E-state index in [4.69, 9.17) is 9.15 Å². The van der Waals surface area contributed by atoms with Crippen molar-refractivity contribution in [1.29, 1.82) is 0 Å². The zero-order valence-electron chi connectivity index (χ0n) is 13.6. The van der Waals surface area contributed by atoms with Gasteiger partial charge in [0.1, 0.15) is 18.1 Å². The molecule has 0 atom stereocenters. The topological polar surface area (TPSA) is 73.5 Å². The van der Waals surface area contributed by atoms with Crippen LogP contribution in [0.15, 0.2) is 76.1 Å². The molecule has 1 aromatic carbocycles. The number of hydrogen-bond donors (Lipinski definition) is 1. The van der Waals surface area contributed by atoms with Crippen LogP contribution >= 0.6 is 0 Å². The van der Waals surface area contributed by atoms with Crippen molar-refractivity contribution in [3.05, 3.63) is 88.7 Å². The number of aromatic nitrogens is 1. The predicted molar refractivity (Wildman–Crippen MR) is 92.8 cm³/mol. The van der Waals surface area contributed by atoms with Gasteiger partial charge >= 0.3 is 0 Å². The van der Waals surface area contributed by atoms with E-state index >= 15 is 0 Å². The van der Waals surface area contributed by atoms with Gasteiger partial charge in [-0.2, -0.15) is 0 Å². The lowest BCUT2D eigenvalue weighted by atomic mass is 10.3. The molecule has 0 saturated heterocycles. The molecular weight excluding hydrogens is 320 g/mol. The Balaban J connectivity index is 1.49. The lowest BCUT2D eigenvalue weighted by Crippen LogP contribution is -2.27. The Labute approximate surface area is 144 Å². The fourth-order valence-corrected chi connectivity index (χ4v) is 2.28. The largest absolute Gasteiger partial charge is 0.492 e. The zero-order chi connectivity index (χ0) is 17.5. The fraction of sp³-hybridized carbons (Fsp3) is 0.158. The molecule has 0 unspecified atom stereocenters. The van der Waals surface area contributed by atoms with E-state index in [2.05, 4.69) is 5.32 Å². The molecule has 0 aliphatic carbocycles. The molecule has 0 spiro atoms. The monoisotopic (exact) mass is 338 g/mol. The molecule has 6 nitrogen and oxygen atoms in total. The van der Waals surface area contributed by atoms with E-state index in [1.54, 1.807) is 30.5 Å². The number of nitrogens with one attached hydrogen (secondary N) is 1. The maximum atomic E-state index is 12.1. The number of nitrogens with zero attached hydrogens (tertiary/aromatic N) is 1. The van der Waals surface area contributed by atoms with E-state index in [1.165, 1.54) is 10.6 Å². The number of furan rings is 1. The van der Waals surface area contributed by atoms with Gasteiger partial charge in [0.25, 0.3) is 11.5 Å². The Morgan fingerprint density at radius 2 is 1.84 bits per heavy atom. The number of ether oxygens (including phenoxy) is 1. The van der Waals surface area contributed by atoms with Crippen LogP contribution in [0.25, 0.3) is 0 Å². The fourth-order valence-electron chi connectivity index (χ4n) is 2.28. The average molecular weight is 338 g/mol. The smallest absolute Gasteiger partial charge is 0.287 e. The SMILES string of the molecule is O=C(NCCOc1ccccc1)c1ccc(Cn2ccccc2=O)o1. The normalized spacial score (nSPS) is 10.4. The molecule has 0 radical (unpaired) electrons. The quantitative estimate of drug-likeness (QED) is 0.671. The predicted octanol–water partition coefficient (Wildman–Crippen LogP) is 2.30. The molecule has 1 N–H and O–H groups in total. The first kappa shape index (κ1) is 16.6.